The Hall–Kier alpha value is -0.860. The van der Waals surface area contributed by atoms with Gasteiger partial charge in [-0.3, -0.25) is 0 Å². The van der Waals surface area contributed by atoms with E-state index in [0.29, 0.717) is 6.04 Å². The number of likely N-dealkylation sites (tertiary alicyclic amines) is 1. The highest BCUT2D eigenvalue weighted by Crippen LogP contribution is 2.27. The minimum Gasteiger partial charge on any atom is -0.314 e. The number of nitrogens with zero attached hydrogens (tertiary/aromatic N) is 1. The third-order valence-corrected chi connectivity index (χ3v) is 4.45. The number of piperidine rings is 1. The zero-order valence-corrected chi connectivity index (χ0v) is 13.4. The Morgan fingerprint density at radius 3 is 2.35 bits per heavy atom. The molecule has 1 aliphatic rings. The van der Waals surface area contributed by atoms with Gasteiger partial charge in [0, 0.05) is 6.04 Å². The maximum absolute atomic E-state index is 3.48. The molecular weight excluding hydrogens is 244 g/mol. The predicted molar refractivity (Wildman–Crippen MR) is 87.4 cm³/mol. The van der Waals surface area contributed by atoms with Crippen molar-refractivity contribution < 1.29 is 0 Å². The van der Waals surface area contributed by atoms with Crippen molar-refractivity contribution in [3.8, 4) is 0 Å². The van der Waals surface area contributed by atoms with Gasteiger partial charge in [-0.2, -0.15) is 0 Å². The largest absolute Gasteiger partial charge is 0.314 e. The highest BCUT2D eigenvalue weighted by atomic mass is 15.1. The highest BCUT2D eigenvalue weighted by Gasteiger charge is 2.19. The lowest BCUT2D eigenvalue weighted by Crippen LogP contribution is -2.32. The van der Waals surface area contributed by atoms with Crippen molar-refractivity contribution in [1.29, 1.82) is 0 Å². The van der Waals surface area contributed by atoms with Crippen molar-refractivity contribution in [3.63, 3.8) is 0 Å². The molecular formula is C18H30N2. The average molecular weight is 274 g/mol. The van der Waals surface area contributed by atoms with E-state index in [0.717, 1.165) is 18.9 Å². The minimum atomic E-state index is 0.582. The van der Waals surface area contributed by atoms with Crippen LogP contribution in [0.2, 0.25) is 0 Å². The van der Waals surface area contributed by atoms with Crippen LogP contribution in [0.3, 0.4) is 0 Å². The van der Waals surface area contributed by atoms with Crippen molar-refractivity contribution in [2.75, 3.05) is 26.2 Å². The monoisotopic (exact) mass is 274 g/mol. The lowest BCUT2D eigenvalue weighted by atomic mass is 9.89. The molecule has 1 saturated heterocycles. The molecule has 1 aliphatic heterocycles. The molecule has 0 saturated carbocycles. The van der Waals surface area contributed by atoms with Crippen LogP contribution < -0.4 is 5.32 Å². The van der Waals surface area contributed by atoms with Gasteiger partial charge in [0.15, 0.2) is 0 Å². The normalized spacial score (nSPS) is 17.8. The van der Waals surface area contributed by atoms with E-state index in [4.69, 9.17) is 0 Å². The van der Waals surface area contributed by atoms with Crippen molar-refractivity contribution in [2.24, 2.45) is 0 Å². The fourth-order valence-electron chi connectivity index (χ4n) is 3.04. The van der Waals surface area contributed by atoms with E-state index in [1.165, 1.54) is 38.0 Å². The van der Waals surface area contributed by atoms with Gasteiger partial charge < -0.3 is 10.2 Å². The zero-order valence-electron chi connectivity index (χ0n) is 13.4. The van der Waals surface area contributed by atoms with E-state index in [9.17, 15) is 0 Å². The van der Waals surface area contributed by atoms with Crippen molar-refractivity contribution in [2.45, 2.75) is 52.0 Å². The van der Waals surface area contributed by atoms with Crippen molar-refractivity contribution >= 4 is 0 Å². The standard InChI is InChI=1S/C18H30N2/c1-4-20-13-10-18(11-14-20)17-7-5-16(6-8-17)9-12-19-15(2)3/h5-8,15,18-19H,4,9-14H2,1-3H3. The topological polar surface area (TPSA) is 15.3 Å². The second-order valence-corrected chi connectivity index (χ2v) is 6.31. The first-order chi connectivity index (χ1) is 9.69. The smallest absolute Gasteiger partial charge is 0.00105 e. The summed E-state index contributed by atoms with van der Waals surface area (Å²) >= 11 is 0. The molecule has 0 atom stereocenters. The Bertz CT molecular complexity index is 375. The molecule has 112 valence electrons. The summed E-state index contributed by atoms with van der Waals surface area (Å²) in [6, 6.07) is 9.94. The molecule has 0 bridgehead atoms. The van der Waals surface area contributed by atoms with Crippen LogP contribution in [0.5, 0.6) is 0 Å². The maximum Gasteiger partial charge on any atom is 0.00105 e. The Morgan fingerprint density at radius 1 is 1.15 bits per heavy atom. The van der Waals surface area contributed by atoms with Crippen LogP contribution in [0.1, 0.15) is 50.7 Å². The molecule has 1 fully saturated rings. The number of nitrogens with one attached hydrogen (secondary N) is 1. The lowest BCUT2D eigenvalue weighted by Gasteiger charge is -2.31. The fraction of sp³-hybridized carbons (Fsp3) is 0.667. The van der Waals surface area contributed by atoms with E-state index >= 15 is 0 Å². The highest BCUT2D eigenvalue weighted by molar-refractivity contribution is 5.26. The van der Waals surface area contributed by atoms with Crippen LogP contribution in [0.25, 0.3) is 0 Å². The third-order valence-electron chi connectivity index (χ3n) is 4.45. The Balaban J connectivity index is 1.82. The molecule has 2 rings (SSSR count). The summed E-state index contributed by atoms with van der Waals surface area (Å²) < 4.78 is 0. The van der Waals surface area contributed by atoms with Gasteiger partial charge in [-0.05, 0) is 62.5 Å². The van der Waals surface area contributed by atoms with Gasteiger partial charge in [0.1, 0.15) is 0 Å². The summed E-state index contributed by atoms with van der Waals surface area (Å²) in [6.07, 6.45) is 3.77. The van der Waals surface area contributed by atoms with Gasteiger partial charge >= 0.3 is 0 Å². The number of benzene rings is 1. The van der Waals surface area contributed by atoms with E-state index < -0.39 is 0 Å². The van der Waals surface area contributed by atoms with Gasteiger partial charge in [-0.25, -0.2) is 0 Å². The summed E-state index contributed by atoms with van der Waals surface area (Å²) in [5.74, 6) is 0.778. The molecule has 2 nitrogen and oxygen atoms in total. The summed E-state index contributed by atoms with van der Waals surface area (Å²) in [6.45, 7) is 11.5. The summed E-state index contributed by atoms with van der Waals surface area (Å²) in [5, 5.41) is 3.48. The quantitative estimate of drug-likeness (QED) is 0.855. The summed E-state index contributed by atoms with van der Waals surface area (Å²) in [5.41, 5.74) is 2.99. The molecule has 0 spiro atoms. The number of hydrogen-bond donors (Lipinski definition) is 1. The average Bonchev–Trinajstić information content (AvgIpc) is 2.48. The van der Waals surface area contributed by atoms with E-state index in [1.54, 1.807) is 5.56 Å². The summed E-state index contributed by atoms with van der Waals surface area (Å²) in [7, 11) is 0. The van der Waals surface area contributed by atoms with Crippen LogP contribution in [0, 0.1) is 0 Å². The lowest BCUT2D eigenvalue weighted by molar-refractivity contribution is 0.222. The fourth-order valence-corrected chi connectivity index (χ4v) is 3.04. The van der Waals surface area contributed by atoms with E-state index in [-0.39, 0.29) is 0 Å². The molecule has 20 heavy (non-hydrogen) atoms. The van der Waals surface area contributed by atoms with Crippen molar-refractivity contribution in [1.82, 2.24) is 10.2 Å². The summed E-state index contributed by atoms with van der Waals surface area (Å²) in [4.78, 5) is 2.56. The van der Waals surface area contributed by atoms with Gasteiger partial charge in [0.05, 0.1) is 0 Å². The Kier molecular flexibility index (Phi) is 6.06. The Morgan fingerprint density at radius 2 is 1.80 bits per heavy atom. The van der Waals surface area contributed by atoms with Crippen molar-refractivity contribution in [3.05, 3.63) is 35.4 Å². The molecule has 0 aliphatic carbocycles. The SMILES string of the molecule is CCN1CCC(c2ccc(CCNC(C)C)cc2)CC1. The molecule has 2 heteroatoms. The van der Waals surface area contributed by atoms with Crippen LogP contribution in [0.4, 0.5) is 0 Å². The van der Waals surface area contributed by atoms with Crippen LogP contribution in [-0.2, 0) is 6.42 Å². The first-order valence-electron chi connectivity index (χ1n) is 8.23. The van der Waals surface area contributed by atoms with E-state index in [2.05, 4.69) is 55.3 Å². The molecule has 0 amide bonds. The van der Waals surface area contributed by atoms with Crippen LogP contribution in [-0.4, -0.2) is 37.1 Å². The molecule has 0 aromatic heterocycles. The minimum absolute atomic E-state index is 0.582. The molecule has 0 unspecified atom stereocenters. The second kappa shape index (κ2) is 7.80. The Labute approximate surface area is 124 Å². The molecule has 1 heterocycles. The zero-order chi connectivity index (χ0) is 14.4. The second-order valence-electron chi connectivity index (χ2n) is 6.31. The first kappa shape index (κ1) is 15.5. The van der Waals surface area contributed by atoms with Crippen LogP contribution in [0.15, 0.2) is 24.3 Å². The maximum atomic E-state index is 3.48. The van der Waals surface area contributed by atoms with Gasteiger partial charge in [0.2, 0.25) is 0 Å². The van der Waals surface area contributed by atoms with Crippen LogP contribution >= 0.6 is 0 Å². The predicted octanol–water partition coefficient (Wildman–Crippen LogP) is 3.43. The number of rotatable bonds is 6. The molecule has 1 N–H and O–H groups in total. The molecule has 0 radical (unpaired) electrons. The van der Waals surface area contributed by atoms with Gasteiger partial charge in [-0.1, -0.05) is 45.0 Å². The molecule has 1 aromatic carbocycles. The molecule has 1 aromatic rings. The number of hydrogen-bond acceptors (Lipinski definition) is 2. The van der Waals surface area contributed by atoms with E-state index in [1.807, 2.05) is 0 Å². The third kappa shape index (κ3) is 4.60. The van der Waals surface area contributed by atoms with Gasteiger partial charge in [0.25, 0.3) is 0 Å². The first-order valence-corrected chi connectivity index (χ1v) is 8.23. The van der Waals surface area contributed by atoms with Gasteiger partial charge in [-0.15, -0.1) is 0 Å².